The second kappa shape index (κ2) is 7.08. The van der Waals surface area contributed by atoms with Crippen molar-refractivity contribution in [2.45, 2.75) is 64.0 Å². The van der Waals surface area contributed by atoms with Crippen molar-refractivity contribution in [3.63, 3.8) is 0 Å². The Hall–Kier alpha value is -0.340. The van der Waals surface area contributed by atoms with Crippen molar-refractivity contribution in [1.29, 1.82) is 0 Å². The lowest BCUT2D eigenvalue weighted by Gasteiger charge is -2.37. The largest absolute Gasteiger partial charge is 0.374 e. The second-order valence-electron chi connectivity index (χ2n) is 4.74. The molecule has 1 atom stereocenters. The van der Waals surface area contributed by atoms with Crippen molar-refractivity contribution in [3.8, 4) is 0 Å². The third-order valence-corrected chi connectivity index (χ3v) is 3.56. The van der Waals surface area contributed by atoms with Gasteiger partial charge in [0.1, 0.15) is 0 Å². The van der Waals surface area contributed by atoms with Crippen LogP contribution in [0.25, 0.3) is 0 Å². The van der Waals surface area contributed by atoms with Crippen molar-refractivity contribution in [2.75, 3.05) is 13.2 Å². The van der Waals surface area contributed by atoms with Crippen molar-refractivity contribution in [3.05, 3.63) is 12.7 Å². The zero-order chi connectivity index (χ0) is 11.9. The van der Waals surface area contributed by atoms with E-state index in [9.17, 15) is 0 Å². The molecular formula is C14H27NO. The molecule has 1 aliphatic rings. The molecule has 0 heterocycles. The highest BCUT2D eigenvalue weighted by Gasteiger charge is 2.41. The van der Waals surface area contributed by atoms with Crippen LogP contribution >= 0.6 is 0 Å². The van der Waals surface area contributed by atoms with Crippen LogP contribution in [0.4, 0.5) is 0 Å². The molecule has 1 N–H and O–H groups in total. The molecule has 16 heavy (non-hydrogen) atoms. The van der Waals surface area contributed by atoms with Crippen LogP contribution in [0.2, 0.25) is 0 Å². The molecule has 1 fully saturated rings. The summed E-state index contributed by atoms with van der Waals surface area (Å²) in [7, 11) is 0. The Balaban J connectivity index is 2.65. The summed E-state index contributed by atoms with van der Waals surface area (Å²) in [6.07, 6.45) is 9.23. The van der Waals surface area contributed by atoms with E-state index in [1.807, 2.05) is 6.08 Å². The highest BCUT2D eigenvalue weighted by molar-refractivity contribution is 4.99. The summed E-state index contributed by atoms with van der Waals surface area (Å²) in [5.74, 6) is 0. The van der Waals surface area contributed by atoms with Crippen molar-refractivity contribution >= 4 is 0 Å². The molecule has 0 bridgehead atoms. The third kappa shape index (κ3) is 3.33. The lowest BCUT2D eigenvalue weighted by atomic mass is 9.89. The molecule has 0 amide bonds. The maximum absolute atomic E-state index is 6.09. The number of rotatable bonds is 8. The number of hydrogen-bond acceptors (Lipinski definition) is 2. The molecule has 1 aliphatic carbocycles. The van der Waals surface area contributed by atoms with Crippen LogP contribution in [0.15, 0.2) is 12.7 Å². The van der Waals surface area contributed by atoms with Crippen LogP contribution in [0.1, 0.15) is 52.4 Å². The van der Waals surface area contributed by atoms with Crippen LogP contribution in [0.5, 0.6) is 0 Å². The number of nitrogens with one attached hydrogen (secondary N) is 1. The molecule has 2 nitrogen and oxygen atoms in total. The quantitative estimate of drug-likeness (QED) is 0.640. The average molecular weight is 225 g/mol. The van der Waals surface area contributed by atoms with Crippen LogP contribution in [0.3, 0.4) is 0 Å². The van der Waals surface area contributed by atoms with Gasteiger partial charge in [0.15, 0.2) is 0 Å². The standard InChI is InChI=1S/C14H27NO/c1-4-9-13(15-12-5-2)14(16-6-3)10-7-8-11-14/h4,13,15H,1,5-12H2,2-3H3. The van der Waals surface area contributed by atoms with E-state index in [0.29, 0.717) is 6.04 Å². The Morgan fingerprint density at radius 1 is 1.38 bits per heavy atom. The lowest BCUT2D eigenvalue weighted by molar-refractivity contribution is -0.0606. The zero-order valence-electron chi connectivity index (χ0n) is 10.9. The Morgan fingerprint density at radius 2 is 2.06 bits per heavy atom. The Morgan fingerprint density at radius 3 is 2.56 bits per heavy atom. The topological polar surface area (TPSA) is 21.3 Å². The SMILES string of the molecule is C=CCC(NCCC)C1(OCC)CCCC1. The molecule has 1 rings (SSSR count). The highest BCUT2D eigenvalue weighted by atomic mass is 16.5. The summed E-state index contributed by atoms with van der Waals surface area (Å²) in [5, 5.41) is 3.64. The van der Waals surface area contributed by atoms with Gasteiger partial charge < -0.3 is 10.1 Å². The zero-order valence-corrected chi connectivity index (χ0v) is 10.9. The van der Waals surface area contributed by atoms with Gasteiger partial charge in [0.2, 0.25) is 0 Å². The maximum atomic E-state index is 6.09. The summed E-state index contributed by atoms with van der Waals surface area (Å²) in [4.78, 5) is 0. The smallest absolute Gasteiger partial charge is 0.0837 e. The van der Waals surface area contributed by atoms with E-state index in [1.54, 1.807) is 0 Å². The molecule has 1 unspecified atom stereocenters. The molecule has 0 aromatic rings. The van der Waals surface area contributed by atoms with Gasteiger partial charge in [-0.15, -0.1) is 6.58 Å². The molecule has 0 aromatic carbocycles. The van der Waals surface area contributed by atoms with Gasteiger partial charge in [-0.05, 0) is 39.2 Å². The number of ether oxygens (including phenoxy) is 1. The molecule has 0 spiro atoms. The molecule has 0 aliphatic heterocycles. The van der Waals surface area contributed by atoms with Crippen LogP contribution in [-0.2, 0) is 4.74 Å². The second-order valence-corrected chi connectivity index (χ2v) is 4.74. The first-order valence-corrected chi connectivity index (χ1v) is 6.77. The van der Waals surface area contributed by atoms with E-state index in [2.05, 4.69) is 25.7 Å². The van der Waals surface area contributed by atoms with Gasteiger partial charge in [-0.25, -0.2) is 0 Å². The van der Waals surface area contributed by atoms with Gasteiger partial charge in [-0.1, -0.05) is 25.8 Å². The molecular weight excluding hydrogens is 198 g/mol. The predicted octanol–water partition coefficient (Wildman–Crippen LogP) is 3.28. The Bertz CT molecular complexity index is 197. The van der Waals surface area contributed by atoms with E-state index in [0.717, 1.165) is 19.6 Å². The fraction of sp³-hybridized carbons (Fsp3) is 0.857. The van der Waals surface area contributed by atoms with Crippen LogP contribution in [-0.4, -0.2) is 24.8 Å². The summed E-state index contributed by atoms with van der Waals surface area (Å²) in [6, 6.07) is 0.451. The van der Waals surface area contributed by atoms with Gasteiger partial charge in [-0.2, -0.15) is 0 Å². The third-order valence-electron chi connectivity index (χ3n) is 3.56. The van der Waals surface area contributed by atoms with Gasteiger partial charge in [0, 0.05) is 12.6 Å². The normalized spacial score (nSPS) is 20.9. The first-order chi connectivity index (χ1) is 7.79. The van der Waals surface area contributed by atoms with E-state index < -0.39 is 0 Å². The highest BCUT2D eigenvalue weighted by Crippen LogP contribution is 2.37. The van der Waals surface area contributed by atoms with E-state index in [4.69, 9.17) is 4.74 Å². The first-order valence-electron chi connectivity index (χ1n) is 6.77. The number of hydrogen-bond donors (Lipinski definition) is 1. The van der Waals surface area contributed by atoms with Crippen molar-refractivity contribution in [1.82, 2.24) is 5.32 Å². The minimum absolute atomic E-state index is 0.0815. The monoisotopic (exact) mass is 225 g/mol. The van der Waals surface area contributed by atoms with Gasteiger partial charge in [0.05, 0.1) is 5.60 Å². The fourth-order valence-corrected chi connectivity index (χ4v) is 2.82. The fourth-order valence-electron chi connectivity index (χ4n) is 2.82. The molecule has 0 saturated heterocycles. The van der Waals surface area contributed by atoms with E-state index >= 15 is 0 Å². The Labute approximate surface area is 100 Å². The van der Waals surface area contributed by atoms with Crippen molar-refractivity contribution < 1.29 is 4.74 Å². The summed E-state index contributed by atoms with van der Waals surface area (Å²) >= 11 is 0. The molecule has 0 aromatic heterocycles. The van der Waals surface area contributed by atoms with Crippen LogP contribution in [0, 0.1) is 0 Å². The summed E-state index contributed by atoms with van der Waals surface area (Å²) < 4.78 is 6.09. The predicted molar refractivity (Wildman–Crippen MR) is 69.7 cm³/mol. The molecule has 94 valence electrons. The van der Waals surface area contributed by atoms with E-state index in [-0.39, 0.29) is 5.60 Å². The maximum Gasteiger partial charge on any atom is 0.0837 e. The van der Waals surface area contributed by atoms with Gasteiger partial charge >= 0.3 is 0 Å². The molecule has 1 saturated carbocycles. The average Bonchev–Trinajstić information content (AvgIpc) is 2.74. The van der Waals surface area contributed by atoms with Crippen molar-refractivity contribution in [2.24, 2.45) is 0 Å². The first kappa shape index (κ1) is 13.7. The van der Waals surface area contributed by atoms with Gasteiger partial charge in [0.25, 0.3) is 0 Å². The molecule has 2 heteroatoms. The minimum atomic E-state index is 0.0815. The Kier molecular flexibility index (Phi) is 6.07. The molecule has 0 radical (unpaired) electrons. The lowest BCUT2D eigenvalue weighted by Crippen LogP contribution is -2.51. The summed E-state index contributed by atoms with van der Waals surface area (Å²) in [5.41, 5.74) is 0.0815. The minimum Gasteiger partial charge on any atom is -0.374 e. The summed E-state index contributed by atoms with van der Waals surface area (Å²) in [6.45, 7) is 10.1. The van der Waals surface area contributed by atoms with Gasteiger partial charge in [-0.3, -0.25) is 0 Å². The van der Waals surface area contributed by atoms with E-state index in [1.165, 1.54) is 32.1 Å². The van der Waals surface area contributed by atoms with Crippen LogP contribution < -0.4 is 5.32 Å².